The number of nitrogens with zero attached hydrogens (tertiary/aromatic N) is 1. The van der Waals surface area contributed by atoms with Gasteiger partial charge >= 0.3 is 0 Å². The summed E-state index contributed by atoms with van der Waals surface area (Å²) in [6, 6.07) is 8.65. The number of halogens is 3. The van der Waals surface area contributed by atoms with Crippen LogP contribution in [0.25, 0.3) is 0 Å². The van der Waals surface area contributed by atoms with E-state index in [2.05, 4.69) is 20.9 Å². The van der Waals surface area contributed by atoms with Crippen molar-refractivity contribution in [2.24, 2.45) is 0 Å². The third-order valence-electron chi connectivity index (χ3n) is 2.11. The van der Waals surface area contributed by atoms with Crippen LogP contribution in [0.1, 0.15) is 5.56 Å². The summed E-state index contributed by atoms with van der Waals surface area (Å²) in [7, 11) is 0. The lowest BCUT2D eigenvalue weighted by atomic mass is 10.2. The van der Waals surface area contributed by atoms with Gasteiger partial charge in [-0.2, -0.15) is 0 Å². The Labute approximate surface area is 117 Å². The molecular formula is C12H8BrClFNS. The van der Waals surface area contributed by atoms with Crippen molar-refractivity contribution in [3.05, 3.63) is 57.4 Å². The first-order valence-electron chi connectivity index (χ1n) is 4.84. The maximum Gasteiger partial charge on any atom is 0.137 e. The van der Waals surface area contributed by atoms with Crippen molar-refractivity contribution in [1.29, 1.82) is 0 Å². The maximum atomic E-state index is 13.3. The van der Waals surface area contributed by atoms with E-state index in [4.69, 9.17) is 11.6 Å². The van der Waals surface area contributed by atoms with E-state index in [0.717, 1.165) is 10.6 Å². The molecule has 0 aliphatic heterocycles. The Balaban J connectivity index is 2.07. The van der Waals surface area contributed by atoms with E-state index in [9.17, 15) is 4.39 Å². The highest BCUT2D eigenvalue weighted by molar-refractivity contribution is 9.10. The fourth-order valence-electron chi connectivity index (χ4n) is 1.26. The summed E-state index contributed by atoms with van der Waals surface area (Å²) in [6.07, 6.45) is 1.60. The molecule has 0 fully saturated rings. The molecule has 0 spiro atoms. The van der Waals surface area contributed by atoms with Gasteiger partial charge in [0.1, 0.15) is 5.82 Å². The molecular weight excluding hydrogens is 325 g/mol. The summed E-state index contributed by atoms with van der Waals surface area (Å²) < 4.78 is 13.8. The van der Waals surface area contributed by atoms with Gasteiger partial charge in [0.05, 0.1) is 14.5 Å². The minimum absolute atomic E-state index is 0.243. The minimum atomic E-state index is -0.243. The van der Waals surface area contributed by atoms with Gasteiger partial charge in [0.25, 0.3) is 0 Å². The lowest BCUT2D eigenvalue weighted by molar-refractivity contribution is 0.619. The fourth-order valence-corrected chi connectivity index (χ4v) is 2.80. The summed E-state index contributed by atoms with van der Waals surface area (Å²) in [4.78, 5) is 4.17. The Bertz CT molecular complexity index is 518. The number of hydrogen-bond donors (Lipinski definition) is 0. The molecule has 5 heteroatoms. The van der Waals surface area contributed by atoms with Gasteiger partial charge in [-0.05, 0) is 39.7 Å². The molecule has 1 aromatic heterocycles. The second kappa shape index (κ2) is 5.85. The third kappa shape index (κ3) is 3.44. The van der Waals surface area contributed by atoms with Crippen LogP contribution in [0, 0.1) is 5.82 Å². The Hall–Kier alpha value is -0.580. The number of rotatable bonds is 3. The first-order chi connectivity index (χ1) is 8.16. The van der Waals surface area contributed by atoms with Gasteiger partial charge in [-0.3, -0.25) is 0 Å². The number of hydrogen-bond acceptors (Lipinski definition) is 2. The Kier molecular flexibility index (Phi) is 4.42. The predicted octanol–water partition coefficient (Wildman–Crippen LogP) is 4.93. The third-order valence-corrected chi connectivity index (χ3v) is 4.21. The van der Waals surface area contributed by atoms with E-state index >= 15 is 0 Å². The molecule has 0 aliphatic rings. The quantitative estimate of drug-likeness (QED) is 0.739. The summed E-state index contributed by atoms with van der Waals surface area (Å²) >= 11 is 10.5. The zero-order chi connectivity index (χ0) is 12.3. The zero-order valence-electron chi connectivity index (χ0n) is 8.66. The van der Waals surface area contributed by atoms with Crippen molar-refractivity contribution in [2.75, 3.05) is 0 Å². The van der Waals surface area contributed by atoms with Gasteiger partial charge in [0.15, 0.2) is 0 Å². The first kappa shape index (κ1) is 12.9. The predicted molar refractivity (Wildman–Crippen MR) is 72.9 cm³/mol. The molecule has 0 saturated heterocycles. The molecule has 0 atom stereocenters. The molecule has 17 heavy (non-hydrogen) atoms. The molecule has 1 aromatic carbocycles. The standard InChI is InChI=1S/C12H8BrClFNS/c13-12-8(2-1-3-10(12)15)7-17-11-5-4-9(14)6-16-11/h1-6H,7H2. The van der Waals surface area contributed by atoms with Crippen LogP contribution < -0.4 is 0 Å². The summed E-state index contributed by atoms with van der Waals surface area (Å²) in [5.74, 6) is 0.416. The molecule has 0 unspecified atom stereocenters. The molecule has 0 saturated carbocycles. The average molecular weight is 333 g/mol. The van der Waals surface area contributed by atoms with Gasteiger partial charge in [-0.15, -0.1) is 11.8 Å². The second-order valence-electron chi connectivity index (χ2n) is 3.32. The zero-order valence-corrected chi connectivity index (χ0v) is 11.8. The van der Waals surface area contributed by atoms with Crippen molar-refractivity contribution in [3.63, 3.8) is 0 Å². The number of benzene rings is 1. The SMILES string of the molecule is Fc1cccc(CSc2ccc(Cl)cn2)c1Br. The van der Waals surface area contributed by atoms with Gasteiger partial charge in [-0.1, -0.05) is 23.7 Å². The molecule has 2 rings (SSSR count). The van der Waals surface area contributed by atoms with Crippen LogP contribution in [-0.2, 0) is 5.75 Å². The average Bonchev–Trinajstić information content (AvgIpc) is 2.33. The molecule has 0 bridgehead atoms. The molecule has 0 amide bonds. The normalized spacial score (nSPS) is 10.5. The Morgan fingerprint density at radius 2 is 2.12 bits per heavy atom. The number of pyridine rings is 1. The second-order valence-corrected chi connectivity index (χ2v) is 5.54. The minimum Gasteiger partial charge on any atom is -0.248 e. The number of aromatic nitrogens is 1. The smallest absolute Gasteiger partial charge is 0.137 e. The molecule has 1 nitrogen and oxygen atoms in total. The van der Waals surface area contributed by atoms with E-state index in [1.54, 1.807) is 18.3 Å². The van der Waals surface area contributed by atoms with Crippen molar-refractivity contribution < 1.29 is 4.39 Å². The molecule has 2 aromatic rings. The lowest BCUT2D eigenvalue weighted by Gasteiger charge is -2.04. The number of thioether (sulfide) groups is 1. The van der Waals surface area contributed by atoms with Crippen molar-refractivity contribution in [3.8, 4) is 0 Å². The van der Waals surface area contributed by atoms with Crippen LogP contribution in [0.4, 0.5) is 4.39 Å². The van der Waals surface area contributed by atoms with Crippen LogP contribution in [0.5, 0.6) is 0 Å². The van der Waals surface area contributed by atoms with E-state index in [1.807, 2.05) is 12.1 Å². The largest absolute Gasteiger partial charge is 0.248 e. The lowest BCUT2D eigenvalue weighted by Crippen LogP contribution is -1.87. The van der Waals surface area contributed by atoms with E-state index in [1.165, 1.54) is 17.8 Å². The maximum absolute atomic E-state index is 13.3. The highest BCUT2D eigenvalue weighted by Gasteiger charge is 2.05. The molecule has 0 N–H and O–H groups in total. The van der Waals surface area contributed by atoms with Crippen molar-refractivity contribution in [2.45, 2.75) is 10.8 Å². The van der Waals surface area contributed by atoms with Crippen molar-refractivity contribution >= 4 is 39.3 Å². The van der Waals surface area contributed by atoms with E-state index in [0.29, 0.717) is 15.2 Å². The van der Waals surface area contributed by atoms with Crippen molar-refractivity contribution in [1.82, 2.24) is 4.98 Å². The Morgan fingerprint density at radius 1 is 1.29 bits per heavy atom. The van der Waals surface area contributed by atoms with Gasteiger partial charge in [0.2, 0.25) is 0 Å². The van der Waals surface area contributed by atoms with Crippen LogP contribution in [0.15, 0.2) is 46.0 Å². The van der Waals surface area contributed by atoms with Gasteiger partial charge in [-0.25, -0.2) is 9.37 Å². The fraction of sp³-hybridized carbons (Fsp3) is 0.0833. The summed E-state index contributed by atoms with van der Waals surface area (Å²) in [5.41, 5.74) is 0.909. The topological polar surface area (TPSA) is 12.9 Å². The van der Waals surface area contributed by atoms with Crippen LogP contribution in [0.2, 0.25) is 5.02 Å². The summed E-state index contributed by atoms with van der Waals surface area (Å²) in [6.45, 7) is 0. The molecule has 0 radical (unpaired) electrons. The van der Waals surface area contributed by atoms with E-state index in [-0.39, 0.29) is 5.82 Å². The molecule has 1 heterocycles. The molecule has 88 valence electrons. The highest BCUT2D eigenvalue weighted by Crippen LogP contribution is 2.27. The first-order valence-corrected chi connectivity index (χ1v) is 7.00. The highest BCUT2D eigenvalue weighted by atomic mass is 79.9. The monoisotopic (exact) mass is 331 g/mol. The van der Waals surface area contributed by atoms with Crippen LogP contribution >= 0.6 is 39.3 Å². The van der Waals surface area contributed by atoms with Crippen LogP contribution in [0.3, 0.4) is 0 Å². The van der Waals surface area contributed by atoms with E-state index < -0.39 is 0 Å². The van der Waals surface area contributed by atoms with Gasteiger partial charge < -0.3 is 0 Å². The summed E-state index contributed by atoms with van der Waals surface area (Å²) in [5, 5.41) is 1.48. The molecule has 0 aliphatic carbocycles. The Morgan fingerprint density at radius 3 is 2.82 bits per heavy atom. The van der Waals surface area contributed by atoms with Crippen LogP contribution in [-0.4, -0.2) is 4.98 Å². The van der Waals surface area contributed by atoms with Gasteiger partial charge in [0, 0.05) is 11.9 Å².